The summed E-state index contributed by atoms with van der Waals surface area (Å²) in [6.07, 6.45) is 0.453. The number of hydrogen-bond acceptors (Lipinski definition) is 2. The number of carbonyl (C=O) groups excluding carboxylic acids is 1. The lowest BCUT2D eigenvalue weighted by Crippen LogP contribution is -2.24. The van der Waals surface area contributed by atoms with Crippen LogP contribution in [0.25, 0.3) is 11.0 Å². The Labute approximate surface area is 199 Å². The summed E-state index contributed by atoms with van der Waals surface area (Å²) >= 11 is 6.04. The van der Waals surface area contributed by atoms with Gasteiger partial charge in [0.2, 0.25) is 5.91 Å². The van der Waals surface area contributed by atoms with E-state index in [1.165, 1.54) is 11.1 Å². The second-order valence-corrected chi connectivity index (χ2v) is 10.3. The summed E-state index contributed by atoms with van der Waals surface area (Å²) < 4.78 is 2.28. The Morgan fingerprint density at radius 2 is 1.67 bits per heavy atom. The number of imidazole rings is 1. The normalized spacial score (nSPS) is 16.7. The molecule has 168 valence electrons. The van der Waals surface area contributed by atoms with Crippen molar-refractivity contribution in [3.8, 4) is 0 Å². The highest BCUT2D eigenvalue weighted by molar-refractivity contribution is 6.30. The van der Waals surface area contributed by atoms with E-state index in [4.69, 9.17) is 16.6 Å². The van der Waals surface area contributed by atoms with Gasteiger partial charge in [-0.25, -0.2) is 4.98 Å². The van der Waals surface area contributed by atoms with Gasteiger partial charge in [0.1, 0.15) is 5.82 Å². The number of nitrogens with zero attached hydrogens (tertiary/aromatic N) is 3. The van der Waals surface area contributed by atoms with Crippen molar-refractivity contribution in [3.05, 3.63) is 94.8 Å². The van der Waals surface area contributed by atoms with E-state index in [2.05, 4.69) is 55.7 Å². The first-order chi connectivity index (χ1) is 15.8. The number of anilines is 1. The average molecular weight is 458 g/mol. The van der Waals surface area contributed by atoms with E-state index in [1.54, 1.807) is 0 Å². The molecule has 0 N–H and O–H groups in total. The lowest BCUT2D eigenvalue weighted by atomic mass is 9.87. The third kappa shape index (κ3) is 4.28. The summed E-state index contributed by atoms with van der Waals surface area (Å²) in [4.78, 5) is 19.8. The van der Waals surface area contributed by atoms with Crippen molar-refractivity contribution in [3.63, 3.8) is 0 Å². The molecule has 1 amide bonds. The summed E-state index contributed by atoms with van der Waals surface area (Å²) in [5.74, 6) is 1.13. The molecule has 0 spiro atoms. The molecular formula is C28H28ClN3O. The minimum atomic E-state index is 0.0365. The molecule has 1 fully saturated rings. The van der Waals surface area contributed by atoms with Gasteiger partial charge < -0.3 is 9.47 Å². The minimum Gasteiger partial charge on any atom is -0.323 e. The Kier molecular flexibility index (Phi) is 5.49. The largest absolute Gasteiger partial charge is 0.323 e. The number of amides is 1. The predicted octanol–water partition coefficient (Wildman–Crippen LogP) is 6.56. The van der Waals surface area contributed by atoms with Gasteiger partial charge in [0.15, 0.2) is 0 Å². The molecule has 1 atom stereocenters. The first-order valence-electron chi connectivity index (χ1n) is 11.4. The zero-order chi connectivity index (χ0) is 23.2. The molecular weight excluding hydrogens is 430 g/mol. The lowest BCUT2D eigenvalue weighted by molar-refractivity contribution is -0.117. The second kappa shape index (κ2) is 8.35. The van der Waals surface area contributed by atoms with Crippen LogP contribution in [0.1, 0.15) is 50.1 Å². The topological polar surface area (TPSA) is 38.1 Å². The smallest absolute Gasteiger partial charge is 0.227 e. The fourth-order valence-electron chi connectivity index (χ4n) is 4.62. The summed E-state index contributed by atoms with van der Waals surface area (Å²) in [5.41, 5.74) is 5.63. The quantitative estimate of drug-likeness (QED) is 0.348. The van der Waals surface area contributed by atoms with E-state index in [0.29, 0.717) is 18.0 Å². The van der Waals surface area contributed by atoms with Crippen LogP contribution in [0.2, 0.25) is 5.02 Å². The van der Waals surface area contributed by atoms with Crippen molar-refractivity contribution in [2.24, 2.45) is 0 Å². The van der Waals surface area contributed by atoms with E-state index in [-0.39, 0.29) is 17.2 Å². The number of benzene rings is 3. The summed E-state index contributed by atoms with van der Waals surface area (Å²) in [7, 11) is 0. The third-order valence-electron chi connectivity index (χ3n) is 6.47. The number of halogens is 1. The molecule has 4 aromatic rings. The second-order valence-electron chi connectivity index (χ2n) is 9.87. The van der Waals surface area contributed by atoms with Crippen molar-refractivity contribution >= 4 is 34.2 Å². The van der Waals surface area contributed by atoms with Crippen LogP contribution >= 0.6 is 11.6 Å². The van der Waals surface area contributed by atoms with Crippen LogP contribution in [0, 0.1) is 0 Å². The molecule has 5 rings (SSSR count). The van der Waals surface area contributed by atoms with Gasteiger partial charge in [-0.05, 0) is 52.9 Å². The van der Waals surface area contributed by atoms with Crippen molar-refractivity contribution in [1.29, 1.82) is 0 Å². The minimum absolute atomic E-state index is 0.0365. The number of hydrogen-bond donors (Lipinski definition) is 0. The zero-order valence-corrected chi connectivity index (χ0v) is 20.0. The van der Waals surface area contributed by atoms with E-state index in [9.17, 15) is 4.79 Å². The molecule has 0 saturated carbocycles. The van der Waals surface area contributed by atoms with Gasteiger partial charge in [-0.2, -0.15) is 0 Å². The van der Waals surface area contributed by atoms with E-state index in [1.807, 2.05) is 47.4 Å². The number of fused-ring (bicyclic) bond motifs is 1. The molecule has 3 aromatic carbocycles. The third-order valence-corrected chi connectivity index (χ3v) is 6.73. The molecule has 5 heteroatoms. The van der Waals surface area contributed by atoms with Gasteiger partial charge >= 0.3 is 0 Å². The molecule has 1 aliphatic rings. The van der Waals surface area contributed by atoms with Crippen LogP contribution in [0.5, 0.6) is 0 Å². The van der Waals surface area contributed by atoms with Gasteiger partial charge in [0.05, 0.1) is 11.0 Å². The SMILES string of the molecule is CC(C)(C)c1ccc(Cn2c(C3CC(=O)N(c4ccc(Cl)cc4)C3)nc3ccccc32)cc1. The van der Waals surface area contributed by atoms with E-state index < -0.39 is 0 Å². The number of para-hydroxylation sites is 2. The molecule has 0 radical (unpaired) electrons. The Balaban J connectivity index is 1.48. The molecule has 1 saturated heterocycles. The van der Waals surface area contributed by atoms with Crippen LogP contribution in [0.4, 0.5) is 5.69 Å². The zero-order valence-electron chi connectivity index (χ0n) is 19.3. The number of rotatable bonds is 4. The molecule has 0 aliphatic carbocycles. The van der Waals surface area contributed by atoms with Crippen molar-refractivity contribution < 1.29 is 4.79 Å². The highest BCUT2D eigenvalue weighted by Crippen LogP contribution is 2.34. The number of carbonyl (C=O) groups is 1. The van der Waals surface area contributed by atoms with Crippen LogP contribution < -0.4 is 4.90 Å². The van der Waals surface area contributed by atoms with Crippen LogP contribution in [-0.4, -0.2) is 22.0 Å². The first kappa shape index (κ1) is 21.7. The highest BCUT2D eigenvalue weighted by Gasteiger charge is 2.34. The molecule has 0 bridgehead atoms. The average Bonchev–Trinajstić information content (AvgIpc) is 3.35. The monoisotopic (exact) mass is 457 g/mol. The van der Waals surface area contributed by atoms with Gasteiger partial charge in [-0.1, -0.05) is 68.8 Å². The maximum atomic E-state index is 12.9. The standard InChI is InChI=1S/C28H28ClN3O/c1-28(2,3)21-10-8-19(9-11-21)17-32-25-7-5-4-6-24(25)30-27(32)20-16-26(33)31(18-20)23-14-12-22(29)13-15-23/h4-15,20H,16-18H2,1-3H3. The maximum Gasteiger partial charge on any atom is 0.227 e. The lowest BCUT2D eigenvalue weighted by Gasteiger charge is -2.20. The molecule has 2 heterocycles. The summed E-state index contributed by atoms with van der Waals surface area (Å²) in [6.45, 7) is 8.03. The first-order valence-corrected chi connectivity index (χ1v) is 11.8. The number of aromatic nitrogens is 2. The maximum absolute atomic E-state index is 12.9. The van der Waals surface area contributed by atoms with Gasteiger partial charge in [-0.3, -0.25) is 4.79 Å². The van der Waals surface area contributed by atoms with Crippen molar-refractivity contribution in [2.45, 2.75) is 45.1 Å². The molecule has 4 nitrogen and oxygen atoms in total. The fourth-order valence-corrected chi connectivity index (χ4v) is 4.74. The molecule has 1 unspecified atom stereocenters. The highest BCUT2D eigenvalue weighted by atomic mass is 35.5. The fraction of sp³-hybridized carbons (Fsp3) is 0.286. The Morgan fingerprint density at radius 3 is 2.36 bits per heavy atom. The predicted molar refractivity (Wildman–Crippen MR) is 135 cm³/mol. The van der Waals surface area contributed by atoms with Crippen molar-refractivity contribution in [2.75, 3.05) is 11.4 Å². The molecule has 1 aliphatic heterocycles. The summed E-state index contributed by atoms with van der Waals surface area (Å²) in [5, 5.41) is 0.668. The van der Waals surface area contributed by atoms with E-state index in [0.717, 1.165) is 29.1 Å². The molecule has 33 heavy (non-hydrogen) atoms. The Morgan fingerprint density at radius 1 is 0.970 bits per heavy atom. The van der Waals surface area contributed by atoms with Crippen LogP contribution in [0.3, 0.4) is 0 Å². The Bertz CT molecular complexity index is 1300. The molecule has 1 aromatic heterocycles. The van der Waals surface area contributed by atoms with Crippen molar-refractivity contribution in [1.82, 2.24) is 9.55 Å². The van der Waals surface area contributed by atoms with Crippen LogP contribution in [0.15, 0.2) is 72.8 Å². The van der Waals surface area contributed by atoms with Crippen LogP contribution in [-0.2, 0) is 16.8 Å². The van der Waals surface area contributed by atoms with E-state index >= 15 is 0 Å². The summed E-state index contributed by atoms with van der Waals surface area (Å²) in [6, 6.07) is 24.5. The van der Waals surface area contributed by atoms with Gasteiger partial charge in [-0.15, -0.1) is 0 Å². The van der Waals surface area contributed by atoms with Gasteiger partial charge in [0.25, 0.3) is 0 Å². The Hall–Kier alpha value is -3.11. The van der Waals surface area contributed by atoms with Gasteiger partial charge in [0, 0.05) is 36.1 Å².